The zero-order chi connectivity index (χ0) is 52.1. The van der Waals surface area contributed by atoms with E-state index in [1.54, 1.807) is 22.7 Å². The first-order valence-electron chi connectivity index (χ1n) is 24.2. The fourth-order valence-electron chi connectivity index (χ4n) is 5.13. The van der Waals surface area contributed by atoms with Crippen LogP contribution in [-0.4, -0.2) is 27.9 Å². The van der Waals surface area contributed by atoms with Crippen molar-refractivity contribution in [3.63, 3.8) is 0 Å². The van der Waals surface area contributed by atoms with Gasteiger partial charge >= 0.3 is 0 Å². The van der Waals surface area contributed by atoms with Gasteiger partial charge in [0.25, 0.3) is 0 Å². The van der Waals surface area contributed by atoms with E-state index in [9.17, 15) is 4.79 Å². The molecule has 0 radical (unpaired) electrons. The van der Waals surface area contributed by atoms with Crippen LogP contribution in [0.2, 0.25) is 0 Å². The molecule has 0 fully saturated rings. The van der Waals surface area contributed by atoms with Crippen molar-refractivity contribution in [1.29, 1.82) is 0 Å². The second kappa shape index (κ2) is 46.3. The Morgan fingerprint density at radius 3 is 1.30 bits per heavy atom. The molecule has 0 aliphatic rings. The molecular weight excluding hydrogens is 917 g/mol. The molecule has 0 aliphatic carbocycles. The molecule has 6 aromatic carbocycles. The highest BCUT2D eigenvalue weighted by molar-refractivity contribution is 7.80. The van der Waals surface area contributed by atoms with E-state index in [4.69, 9.17) is 10.7 Å². The summed E-state index contributed by atoms with van der Waals surface area (Å²) in [6, 6.07) is 59.7. The number of Topliss-reactive ketones (excluding diaryl/α,β-unsaturated/α-hetero) is 1. The Balaban J connectivity index is -0.000000816. The normalized spacial score (nSPS) is 8.54. The Kier molecular flexibility index (Phi) is 44.8. The average molecular weight is 1000 g/mol. The van der Waals surface area contributed by atoms with Gasteiger partial charge in [0, 0.05) is 58.0 Å². The lowest BCUT2D eigenvalue weighted by molar-refractivity contribution is 0.0988. The number of aromatic nitrogens is 2. The lowest BCUT2D eigenvalue weighted by atomic mass is 10.1. The molecule has 0 aliphatic heterocycles. The molecule has 0 spiro atoms. The van der Waals surface area contributed by atoms with Gasteiger partial charge in [0.2, 0.25) is 0 Å². The fourth-order valence-corrected chi connectivity index (χ4v) is 6.81. The number of carbonyl (C=O) groups is 1. The number of hydrogen-bond acceptors (Lipinski definition) is 8. The zero-order valence-corrected chi connectivity index (χ0v) is 46.2. The van der Waals surface area contributed by atoms with Crippen LogP contribution in [0.15, 0.2) is 193 Å². The van der Waals surface area contributed by atoms with Crippen LogP contribution in [0.25, 0.3) is 22.5 Å². The van der Waals surface area contributed by atoms with Crippen molar-refractivity contribution < 1.29 is 4.79 Å². The molecule has 8 rings (SSSR count). The molecule has 7 nitrogen and oxygen atoms in total. The molecule has 2 aromatic heterocycles. The maximum Gasteiger partial charge on any atom is 0.190 e. The van der Waals surface area contributed by atoms with Crippen molar-refractivity contribution in [2.24, 2.45) is 5.73 Å². The predicted octanol–water partition coefficient (Wildman–Crippen LogP) is 19.5. The molecule has 0 atom stereocenters. The van der Waals surface area contributed by atoms with E-state index in [1.165, 1.54) is 0 Å². The number of ketones is 1. The summed E-state index contributed by atoms with van der Waals surface area (Å²) in [5, 5.41) is 12.5. The Hall–Kier alpha value is -6.46. The number of rotatable bonds is 9. The van der Waals surface area contributed by atoms with Crippen LogP contribution in [0.3, 0.4) is 0 Å². The highest BCUT2D eigenvalue weighted by Gasteiger charge is 2.10. The topological polar surface area (TPSA) is 96.2 Å². The number of thiocarbonyl (C=S) groups is 1. The fraction of sp³-hybridized carbons (Fsp3) is 0.267. The molecule has 0 amide bonds. The summed E-state index contributed by atoms with van der Waals surface area (Å²) in [5.41, 5.74) is 13.5. The molecule has 2 heterocycles. The molecule has 8 aromatic rings. The Bertz CT molecular complexity index is 2340. The summed E-state index contributed by atoms with van der Waals surface area (Å²) in [6.07, 6.45) is 0.587. The summed E-state index contributed by atoms with van der Waals surface area (Å²) in [5.74, 6) is 0.209. The third kappa shape index (κ3) is 28.1. The quantitative estimate of drug-likeness (QED) is 0.0972. The van der Waals surface area contributed by atoms with Crippen LogP contribution in [0.4, 0.5) is 27.3 Å². The minimum absolute atomic E-state index is 0. The van der Waals surface area contributed by atoms with E-state index < -0.39 is 0 Å². The highest BCUT2D eigenvalue weighted by atomic mass is 32.1. The molecule has 0 saturated carbocycles. The summed E-state index contributed by atoms with van der Waals surface area (Å²) < 4.78 is 0. The van der Waals surface area contributed by atoms with E-state index in [0.29, 0.717) is 11.5 Å². The van der Waals surface area contributed by atoms with Gasteiger partial charge in [0.15, 0.2) is 21.2 Å². The smallest absolute Gasteiger partial charge is 0.190 e. The monoisotopic (exact) mass is 1000 g/mol. The maximum atomic E-state index is 11.0. The van der Waals surface area contributed by atoms with Gasteiger partial charge < -0.3 is 21.3 Å². The third-order valence-electron chi connectivity index (χ3n) is 8.05. The number of para-hydroxylation sites is 3. The first kappa shape index (κ1) is 67.8. The van der Waals surface area contributed by atoms with E-state index >= 15 is 0 Å². The SMILES string of the molecule is C.CC.CC.CC.CC.CC.CC.CCC(=O)c1ccccc1.CN(c1ccccc1)c1nc(-c2ccccc2)cs1.NC(=S)Nc1ccccc1.c1ccc(Nc2nc(-c3ccccc3)cs2)cc1. The number of carbonyl (C=O) groups excluding carboxylic acids is 1. The van der Waals surface area contributed by atoms with Gasteiger partial charge in [-0.3, -0.25) is 4.79 Å². The molecule has 10 heteroatoms. The molecule has 70 heavy (non-hydrogen) atoms. The van der Waals surface area contributed by atoms with Crippen molar-refractivity contribution in [3.05, 3.63) is 198 Å². The summed E-state index contributed by atoms with van der Waals surface area (Å²) in [7, 11) is 2.04. The number of nitrogens with one attached hydrogen (secondary N) is 2. The van der Waals surface area contributed by atoms with Crippen LogP contribution in [0, 0.1) is 0 Å². The minimum Gasteiger partial charge on any atom is -0.376 e. The van der Waals surface area contributed by atoms with Gasteiger partial charge in [-0.1, -0.05) is 243 Å². The molecule has 0 saturated heterocycles. The Morgan fingerprint density at radius 1 is 0.529 bits per heavy atom. The average Bonchev–Trinajstić information content (AvgIpc) is 4.15. The molecule has 0 unspecified atom stereocenters. The second-order valence-electron chi connectivity index (χ2n) is 12.2. The van der Waals surface area contributed by atoms with E-state index in [0.717, 1.165) is 55.4 Å². The van der Waals surface area contributed by atoms with E-state index in [-0.39, 0.29) is 13.2 Å². The minimum atomic E-state index is 0. The number of nitrogens with two attached hydrogens (primary N) is 1. The van der Waals surface area contributed by atoms with E-state index in [1.807, 2.05) is 243 Å². The third-order valence-corrected chi connectivity index (χ3v) is 9.83. The summed E-state index contributed by atoms with van der Waals surface area (Å²) in [6.45, 7) is 25.9. The van der Waals surface area contributed by atoms with Gasteiger partial charge in [-0.25, -0.2) is 9.97 Å². The van der Waals surface area contributed by atoms with E-state index in [2.05, 4.69) is 79.9 Å². The van der Waals surface area contributed by atoms with Crippen LogP contribution in [-0.2, 0) is 0 Å². The molecule has 4 N–H and O–H groups in total. The van der Waals surface area contributed by atoms with Gasteiger partial charge in [-0.2, -0.15) is 0 Å². The number of nitrogens with zero attached hydrogens (tertiary/aromatic N) is 3. The Morgan fingerprint density at radius 2 is 0.886 bits per heavy atom. The van der Waals surface area contributed by atoms with Crippen LogP contribution in [0.1, 0.15) is 114 Å². The van der Waals surface area contributed by atoms with Crippen LogP contribution >= 0.6 is 34.9 Å². The first-order valence-corrected chi connectivity index (χ1v) is 26.4. The zero-order valence-electron chi connectivity index (χ0n) is 43.7. The Labute approximate surface area is 438 Å². The lowest BCUT2D eigenvalue weighted by Crippen LogP contribution is -2.18. The summed E-state index contributed by atoms with van der Waals surface area (Å²) in [4.78, 5) is 22.4. The van der Waals surface area contributed by atoms with Gasteiger partial charge in [0.1, 0.15) is 0 Å². The molecule has 378 valence electrons. The van der Waals surface area contributed by atoms with Crippen molar-refractivity contribution >= 4 is 73.1 Å². The largest absolute Gasteiger partial charge is 0.376 e. The number of benzene rings is 6. The van der Waals surface area contributed by atoms with Crippen molar-refractivity contribution in [2.45, 2.75) is 104 Å². The van der Waals surface area contributed by atoms with Crippen molar-refractivity contribution in [2.75, 3.05) is 22.6 Å². The first-order chi connectivity index (χ1) is 33.9. The number of thiazole rings is 2. The molecule has 0 bridgehead atoms. The number of hydrogen-bond donors (Lipinski definition) is 3. The van der Waals surface area contributed by atoms with Crippen LogP contribution in [0.5, 0.6) is 0 Å². The highest BCUT2D eigenvalue weighted by Crippen LogP contribution is 2.31. The van der Waals surface area contributed by atoms with Gasteiger partial charge in [-0.05, 0) is 48.6 Å². The van der Waals surface area contributed by atoms with Gasteiger partial charge in [0.05, 0.1) is 11.4 Å². The standard InChI is InChI=1S/C16H14N2S.C15H12N2S.C9H10O.C7H8N2S.6C2H6.CH4/c1-18(14-10-6-3-7-11-14)16-17-15(12-19-16)13-8-4-2-5-9-13;1-3-7-12(8-4-1)14-11-18-15(17-14)16-13-9-5-2-6-10-13;1-2-9(10)8-6-4-3-5-7-8;8-7(10)9-6-4-2-1-3-5-6;6*1-2;/h2-12H,1H3;1-11H,(H,16,17);3-7H,2H2,1H3;1-5H,(H3,8,9,10);6*1-2H3;1H4. The summed E-state index contributed by atoms with van der Waals surface area (Å²) >= 11 is 7.92. The van der Waals surface area contributed by atoms with Crippen molar-refractivity contribution in [3.8, 4) is 22.5 Å². The van der Waals surface area contributed by atoms with Crippen molar-refractivity contribution in [1.82, 2.24) is 9.97 Å². The number of anilines is 5. The van der Waals surface area contributed by atoms with Gasteiger partial charge in [-0.15, -0.1) is 22.7 Å². The second-order valence-corrected chi connectivity index (χ2v) is 14.3. The lowest BCUT2D eigenvalue weighted by Gasteiger charge is -2.15. The maximum absolute atomic E-state index is 11.0. The van der Waals surface area contributed by atoms with Crippen LogP contribution < -0.4 is 21.3 Å². The predicted molar refractivity (Wildman–Crippen MR) is 322 cm³/mol. The molecular formula is C60H84N6OS3.